The van der Waals surface area contributed by atoms with Crippen molar-refractivity contribution in [1.82, 2.24) is 5.32 Å². The third kappa shape index (κ3) is 8.37. The maximum absolute atomic E-state index is 6.09. The van der Waals surface area contributed by atoms with Crippen LogP contribution in [0, 0.1) is 6.92 Å². The quantitative estimate of drug-likeness (QED) is 0.347. The molecule has 0 aliphatic heterocycles. The predicted octanol–water partition coefficient (Wildman–Crippen LogP) is 6.03. The predicted molar refractivity (Wildman–Crippen MR) is 123 cm³/mol. The van der Waals surface area contributed by atoms with E-state index in [1.807, 2.05) is 25.1 Å². The van der Waals surface area contributed by atoms with Gasteiger partial charge in [-0.1, -0.05) is 53.5 Å². The van der Waals surface area contributed by atoms with Crippen LogP contribution in [-0.2, 0) is 17.9 Å². The van der Waals surface area contributed by atoms with Gasteiger partial charge in [-0.2, -0.15) is 0 Å². The topological polar surface area (TPSA) is 39.7 Å². The Bertz CT molecular complexity index is 736. The SMILES string of the molecule is CCCCOCCCNCc1cc(OCC)c(OCc2ccccc2C)cc1Br. The van der Waals surface area contributed by atoms with Crippen molar-refractivity contribution < 1.29 is 14.2 Å². The van der Waals surface area contributed by atoms with Crippen LogP contribution >= 0.6 is 15.9 Å². The molecule has 0 amide bonds. The van der Waals surface area contributed by atoms with Gasteiger partial charge in [0, 0.05) is 24.2 Å². The van der Waals surface area contributed by atoms with E-state index < -0.39 is 0 Å². The zero-order valence-electron chi connectivity index (χ0n) is 17.9. The van der Waals surface area contributed by atoms with Crippen molar-refractivity contribution in [3.05, 3.63) is 57.6 Å². The highest BCUT2D eigenvalue weighted by Crippen LogP contribution is 2.34. The van der Waals surface area contributed by atoms with Crippen LogP contribution in [0.4, 0.5) is 0 Å². The normalized spacial score (nSPS) is 10.9. The molecule has 0 saturated carbocycles. The lowest BCUT2D eigenvalue weighted by molar-refractivity contribution is 0.128. The Kier molecular flexibility index (Phi) is 11.1. The molecule has 0 radical (unpaired) electrons. The summed E-state index contributed by atoms with van der Waals surface area (Å²) in [5, 5.41) is 3.48. The monoisotopic (exact) mass is 463 g/mol. The van der Waals surface area contributed by atoms with Gasteiger partial charge >= 0.3 is 0 Å². The third-order valence-corrected chi connectivity index (χ3v) is 5.40. The number of rotatable bonds is 14. The van der Waals surface area contributed by atoms with E-state index >= 15 is 0 Å². The second kappa shape index (κ2) is 13.6. The van der Waals surface area contributed by atoms with Crippen LogP contribution in [-0.4, -0.2) is 26.4 Å². The van der Waals surface area contributed by atoms with Crippen LogP contribution in [0.3, 0.4) is 0 Å². The third-order valence-electron chi connectivity index (χ3n) is 4.66. The van der Waals surface area contributed by atoms with Gasteiger partial charge in [0.1, 0.15) is 6.61 Å². The number of aryl methyl sites for hydroxylation is 1. The van der Waals surface area contributed by atoms with Crippen molar-refractivity contribution in [1.29, 1.82) is 0 Å². The molecule has 2 rings (SSSR count). The van der Waals surface area contributed by atoms with E-state index in [9.17, 15) is 0 Å². The van der Waals surface area contributed by atoms with Gasteiger partial charge in [-0.05, 0) is 62.1 Å². The van der Waals surface area contributed by atoms with E-state index in [-0.39, 0.29) is 0 Å². The average molecular weight is 464 g/mol. The van der Waals surface area contributed by atoms with Crippen molar-refractivity contribution in [2.24, 2.45) is 0 Å². The highest BCUT2D eigenvalue weighted by molar-refractivity contribution is 9.10. The fraction of sp³-hybridized carbons (Fsp3) is 0.500. The van der Waals surface area contributed by atoms with Gasteiger partial charge in [-0.25, -0.2) is 0 Å². The summed E-state index contributed by atoms with van der Waals surface area (Å²) in [4.78, 5) is 0. The molecular formula is C24H34BrNO3. The summed E-state index contributed by atoms with van der Waals surface area (Å²) >= 11 is 3.68. The summed E-state index contributed by atoms with van der Waals surface area (Å²) < 4.78 is 18.6. The van der Waals surface area contributed by atoms with E-state index in [4.69, 9.17) is 14.2 Å². The van der Waals surface area contributed by atoms with E-state index in [0.29, 0.717) is 13.2 Å². The number of benzene rings is 2. The van der Waals surface area contributed by atoms with Crippen LogP contribution in [0.1, 0.15) is 49.8 Å². The first-order chi connectivity index (χ1) is 14.2. The van der Waals surface area contributed by atoms with Gasteiger partial charge in [0.05, 0.1) is 6.61 Å². The first-order valence-electron chi connectivity index (χ1n) is 10.6. The lowest BCUT2D eigenvalue weighted by Crippen LogP contribution is -2.17. The minimum Gasteiger partial charge on any atom is -0.490 e. The van der Waals surface area contributed by atoms with E-state index in [2.05, 4.69) is 53.3 Å². The Morgan fingerprint density at radius 1 is 0.931 bits per heavy atom. The Labute approximate surface area is 184 Å². The number of hydrogen-bond donors (Lipinski definition) is 1. The zero-order chi connectivity index (χ0) is 20.9. The molecule has 0 atom stereocenters. The van der Waals surface area contributed by atoms with Crippen molar-refractivity contribution in [3.63, 3.8) is 0 Å². The summed E-state index contributed by atoms with van der Waals surface area (Å²) in [6.45, 7) is 10.8. The highest BCUT2D eigenvalue weighted by Gasteiger charge is 2.11. The largest absolute Gasteiger partial charge is 0.490 e. The number of nitrogens with one attached hydrogen (secondary N) is 1. The molecule has 0 aromatic heterocycles. The number of ether oxygens (including phenoxy) is 3. The fourth-order valence-electron chi connectivity index (χ4n) is 2.89. The minimum absolute atomic E-state index is 0.523. The van der Waals surface area contributed by atoms with Crippen molar-refractivity contribution in [2.45, 2.75) is 53.2 Å². The fourth-order valence-corrected chi connectivity index (χ4v) is 3.35. The smallest absolute Gasteiger partial charge is 0.162 e. The summed E-state index contributed by atoms with van der Waals surface area (Å²) in [5.41, 5.74) is 3.56. The Morgan fingerprint density at radius 3 is 2.45 bits per heavy atom. The van der Waals surface area contributed by atoms with Crippen molar-refractivity contribution >= 4 is 15.9 Å². The van der Waals surface area contributed by atoms with Crippen LogP contribution in [0.25, 0.3) is 0 Å². The Hall–Kier alpha value is -1.56. The maximum Gasteiger partial charge on any atom is 0.162 e. The van der Waals surface area contributed by atoms with Gasteiger partial charge in [-0.3, -0.25) is 0 Å². The molecule has 0 spiro atoms. The number of hydrogen-bond acceptors (Lipinski definition) is 4. The number of unbranched alkanes of at least 4 members (excludes halogenated alkanes) is 1. The highest BCUT2D eigenvalue weighted by atomic mass is 79.9. The molecule has 5 heteroatoms. The molecule has 4 nitrogen and oxygen atoms in total. The van der Waals surface area contributed by atoms with Crippen molar-refractivity contribution in [3.8, 4) is 11.5 Å². The summed E-state index contributed by atoms with van der Waals surface area (Å²) in [6.07, 6.45) is 3.33. The van der Waals surface area contributed by atoms with Crippen molar-refractivity contribution in [2.75, 3.05) is 26.4 Å². The molecule has 2 aromatic rings. The molecule has 0 heterocycles. The molecule has 0 aliphatic carbocycles. The van der Waals surface area contributed by atoms with Crippen LogP contribution < -0.4 is 14.8 Å². The Balaban J connectivity index is 1.90. The lowest BCUT2D eigenvalue weighted by atomic mass is 10.1. The molecule has 0 saturated heterocycles. The maximum atomic E-state index is 6.09. The summed E-state index contributed by atoms with van der Waals surface area (Å²) in [7, 11) is 0. The molecule has 29 heavy (non-hydrogen) atoms. The minimum atomic E-state index is 0.523. The van der Waals surface area contributed by atoms with Gasteiger partial charge in [0.25, 0.3) is 0 Å². The van der Waals surface area contributed by atoms with Crippen LogP contribution in [0.15, 0.2) is 40.9 Å². The van der Waals surface area contributed by atoms with Gasteiger partial charge in [0.15, 0.2) is 11.5 Å². The Morgan fingerprint density at radius 2 is 1.69 bits per heavy atom. The van der Waals surface area contributed by atoms with E-state index in [1.165, 1.54) is 17.5 Å². The lowest BCUT2D eigenvalue weighted by Gasteiger charge is -2.16. The molecule has 0 fully saturated rings. The molecular weight excluding hydrogens is 430 g/mol. The molecule has 0 unspecified atom stereocenters. The number of halogens is 1. The summed E-state index contributed by atoms with van der Waals surface area (Å²) in [5.74, 6) is 1.54. The molecule has 0 bridgehead atoms. The second-order valence-corrected chi connectivity index (χ2v) is 7.89. The van der Waals surface area contributed by atoms with Crippen LogP contribution in [0.2, 0.25) is 0 Å². The first kappa shape index (κ1) is 23.7. The summed E-state index contributed by atoms with van der Waals surface area (Å²) in [6, 6.07) is 12.3. The van der Waals surface area contributed by atoms with E-state index in [0.717, 1.165) is 60.7 Å². The molecule has 160 valence electrons. The zero-order valence-corrected chi connectivity index (χ0v) is 19.5. The van der Waals surface area contributed by atoms with Gasteiger partial charge in [0.2, 0.25) is 0 Å². The van der Waals surface area contributed by atoms with Crippen LogP contribution in [0.5, 0.6) is 11.5 Å². The molecule has 0 aliphatic rings. The van der Waals surface area contributed by atoms with Gasteiger partial charge in [-0.15, -0.1) is 0 Å². The average Bonchev–Trinajstić information content (AvgIpc) is 2.72. The van der Waals surface area contributed by atoms with E-state index in [1.54, 1.807) is 0 Å². The van der Waals surface area contributed by atoms with Gasteiger partial charge < -0.3 is 19.5 Å². The molecule has 1 N–H and O–H groups in total. The molecule has 2 aromatic carbocycles. The second-order valence-electron chi connectivity index (χ2n) is 7.03. The standard InChI is InChI=1S/C24H34BrNO3/c1-4-6-13-27-14-9-12-26-17-21-15-23(28-5-2)24(16-22(21)25)29-18-20-11-8-7-10-19(20)3/h7-8,10-11,15-16,26H,4-6,9,12-14,17-18H2,1-3H3. The first-order valence-corrected chi connectivity index (χ1v) is 11.4.